The number of carboxylic acids is 1. The van der Waals surface area contributed by atoms with Crippen LogP contribution in [0, 0.1) is 0 Å². The topological polar surface area (TPSA) is 63.6 Å². The van der Waals surface area contributed by atoms with Crippen LogP contribution in [0.25, 0.3) is 0 Å². The van der Waals surface area contributed by atoms with Crippen LogP contribution in [0.1, 0.15) is 149 Å². The lowest BCUT2D eigenvalue weighted by Gasteiger charge is -2.17. The van der Waals surface area contributed by atoms with E-state index in [-0.39, 0.29) is 6.10 Å². The molecule has 0 heterocycles. The molecule has 32 heavy (non-hydrogen) atoms. The van der Waals surface area contributed by atoms with E-state index in [1.165, 1.54) is 109 Å². The Morgan fingerprint density at radius 3 is 1.28 bits per heavy atom. The molecule has 0 aliphatic rings. The quantitative estimate of drug-likeness (QED) is 0.0902. The molecule has 0 saturated carbocycles. The van der Waals surface area contributed by atoms with E-state index in [1.54, 1.807) is 0 Å². The number of carboxylic acid groups (broad SMARTS) is 1. The fourth-order valence-corrected chi connectivity index (χ4v) is 4.15. The molecule has 0 aromatic carbocycles. The van der Waals surface area contributed by atoms with Crippen molar-refractivity contribution in [2.45, 2.75) is 155 Å². The number of esters is 1. The highest BCUT2D eigenvalue weighted by atomic mass is 16.5. The summed E-state index contributed by atoms with van der Waals surface area (Å²) in [5.41, 5.74) is 0. The molecule has 0 bridgehead atoms. The fraction of sp³-hybridized carbons (Fsp3) is 0.857. The lowest BCUT2D eigenvalue weighted by atomic mass is 10.0. The minimum absolute atomic E-state index is 0.0838. The van der Waals surface area contributed by atoms with Crippen molar-refractivity contribution in [1.82, 2.24) is 0 Å². The molecule has 0 radical (unpaired) electrons. The lowest BCUT2D eigenvalue weighted by Crippen LogP contribution is -2.17. The van der Waals surface area contributed by atoms with E-state index in [2.05, 4.69) is 13.8 Å². The van der Waals surface area contributed by atoms with Crippen molar-refractivity contribution in [3.05, 3.63) is 12.2 Å². The number of carbonyl (C=O) groups excluding carboxylic acids is 1. The Bertz CT molecular complexity index is 458. The van der Waals surface area contributed by atoms with Crippen LogP contribution in [0.5, 0.6) is 0 Å². The molecule has 1 atom stereocenters. The van der Waals surface area contributed by atoms with Crippen LogP contribution in [0.2, 0.25) is 0 Å². The maximum atomic E-state index is 11.9. The summed E-state index contributed by atoms with van der Waals surface area (Å²) >= 11 is 0. The first-order chi connectivity index (χ1) is 15.6. The van der Waals surface area contributed by atoms with Crippen molar-refractivity contribution in [2.24, 2.45) is 0 Å². The van der Waals surface area contributed by atoms with E-state index >= 15 is 0 Å². The molecular weight excluding hydrogens is 400 g/mol. The molecule has 0 fully saturated rings. The smallest absolute Gasteiger partial charge is 0.331 e. The Morgan fingerprint density at radius 2 is 0.938 bits per heavy atom. The number of hydrogen-bond acceptors (Lipinski definition) is 3. The predicted octanol–water partition coefficient (Wildman–Crippen LogP) is 8.77. The van der Waals surface area contributed by atoms with E-state index in [0.717, 1.165) is 37.8 Å². The van der Waals surface area contributed by atoms with Gasteiger partial charge < -0.3 is 9.84 Å². The van der Waals surface area contributed by atoms with Gasteiger partial charge in [-0.3, -0.25) is 0 Å². The number of carbonyl (C=O) groups is 2. The third-order valence-electron chi connectivity index (χ3n) is 6.15. The van der Waals surface area contributed by atoms with Crippen LogP contribution in [-0.4, -0.2) is 23.1 Å². The lowest BCUT2D eigenvalue weighted by molar-refractivity contribution is -0.144. The Balaban J connectivity index is 4.01. The summed E-state index contributed by atoms with van der Waals surface area (Å²) in [6, 6.07) is 0. The second-order valence-electron chi connectivity index (χ2n) is 9.32. The van der Waals surface area contributed by atoms with Crippen LogP contribution < -0.4 is 0 Å². The minimum atomic E-state index is -1.12. The molecule has 0 saturated heterocycles. The summed E-state index contributed by atoms with van der Waals surface area (Å²) in [6.45, 7) is 4.50. The van der Waals surface area contributed by atoms with Gasteiger partial charge in [0.15, 0.2) is 0 Å². The highest BCUT2D eigenvalue weighted by molar-refractivity contribution is 5.90. The van der Waals surface area contributed by atoms with E-state index in [4.69, 9.17) is 9.84 Å². The second-order valence-corrected chi connectivity index (χ2v) is 9.32. The summed E-state index contributed by atoms with van der Waals surface area (Å²) in [5.74, 6) is -1.65. The molecule has 0 aromatic rings. The second kappa shape index (κ2) is 24.3. The summed E-state index contributed by atoms with van der Waals surface area (Å²) in [4.78, 5) is 22.5. The predicted molar refractivity (Wildman–Crippen MR) is 135 cm³/mol. The van der Waals surface area contributed by atoms with E-state index in [0.29, 0.717) is 0 Å². The molecule has 0 spiro atoms. The van der Waals surface area contributed by atoms with Gasteiger partial charge in [-0.2, -0.15) is 0 Å². The number of aliphatic carboxylic acids is 1. The maximum Gasteiger partial charge on any atom is 0.331 e. The Labute approximate surface area is 198 Å². The van der Waals surface area contributed by atoms with E-state index in [9.17, 15) is 9.59 Å². The molecule has 1 N–H and O–H groups in total. The van der Waals surface area contributed by atoms with Gasteiger partial charge in [0, 0.05) is 12.2 Å². The highest BCUT2D eigenvalue weighted by Crippen LogP contribution is 2.18. The first kappa shape index (κ1) is 30.7. The van der Waals surface area contributed by atoms with Gasteiger partial charge in [0.1, 0.15) is 6.10 Å². The normalized spacial score (nSPS) is 12.3. The van der Waals surface area contributed by atoms with Gasteiger partial charge in [0.25, 0.3) is 0 Å². The van der Waals surface area contributed by atoms with Crippen LogP contribution >= 0.6 is 0 Å². The van der Waals surface area contributed by atoms with Crippen molar-refractivity contribution in [3.63, 3.8) is 0 Å². The average molecular weight is 453 g/mol. The number of hydrogen-bond donors (Lipinski definition) is 1. The van der Waals surface area contributed by atoms with Gasteiger partial charge in [0.05, 0.1) is 0 Å². The monoisotopic (exact) mass is 452 g/mol. The molecule has 1 unspecified atom stereocenters. The zero-order valence-corrected chi connectivity index (χ0v) is 21.3. The maximum absolute atomic E-state index is 11.9. The molecule has 0 aliphatic carbocycles. The summed E-state index contributed by atoms with van der Waals surface area (Å²) < 4.78 is 5.57. The first-order valence-electron chi connectivity index (χ1n) is 13.7. The van der Waals surface area contributed by atoms with Gasteiger partial charge in [0.2, 0.25) is 0 Å². The van der Waals surface area contributed by atoms with Crippen molar-refractivity contribution in [2.75, 3.05) is 0 Å². The van der Waals surface area contributed by atoms with Gasteiger partial charge in [-0.1, -0.05) is 123 Å². The van der Waals surface area contributed by atoms with Crippen LogP contribution in [0.4, 0.5) is 0 Å². The first-order valence-corrected chi connectivity index (χ1v) is 13.7. The third kappa shape index (κ3) is 23.3. The van der Waals surface area contributed by atoms with E-state index < -0.39 is 11.9 Å². The summed E-state index contributed by atoms with van der Waals surface area (Å²) in [6.07, 6.45) is 28.0. The van der Waals surface area contributed by atoms with Gasteiger partial charge in [-0.05, 0) is 25.7 Å². The minimum Gasteiger partial charge on any atom is -0.478 e. The molecule has 0 aromatic heterocycles. The summed E-state index contributed by atoms with van der Waals surface area (Å²) in [7, 11) is 0. The van der Waals surface area contributed by atoms with Crippen LogP contribution in [-0.2, 0) is 14.3 Å². The Kier molecular flexibility index (Phi) is 23.3. The highest BCUT2D eigenvalue weighted by Gasteiger charge is 2.13. The van der Waals surface area contributed by atoms with Crippen LogP contribution in [0.3, 0.4) is 0 Å². The number of ether oxygens (including phenoxy) is 1. The van der Waals surface area contributed by atoms with E-state index in [1.807, 2.05) is 0 Å². The van der Waals surface area contributed by atoms with Crippen molar-refractivity contribution >= 4 is 11.9 Å². The summed E-state index contributed by atoms with van der Waals surface area (Å²) in [5, 5.41) is 8.70. The van der Waals surface area contributed by atoms with Gasteiger partial charge >= 0.3 is 11.9 Å². The SMILES string of the molecule is CCCCCCCCCCCCC(CCCCCCCCCCC)OC(=O)C=CC(=O)O. The molecule has 188 valence electrons. The van der Waals surface area contributed by atoms with Crippen molar-refractivity contribution < 1.29 is 19.4 Å². The molecular formula is C28H52O4. The molecule has 4 heteroatoms. The zero-order valence-electron chi connectivity index (χ0n) is 21.3. The zero-order chi connectivity index (χ0) is 23.7. The standard InChI is InChI=1S/C28H52O4/c1-3-5-7-9-11-13-15-17-19-21-23-26(32-28(31)25-24-27(29)30)22-20-18-16-14-12-10-8-6-4-2/h24-26H,3-23H2,1-2H3,(H,29,30). The fourth-order valence-electron chi connectivity index (χ4n) is 4.15. The van der Waals surface area contributed by atoms with Crippen LogP contribution in [0.15, 0.2) is 12.2 Å². The third-order valence-corrected chi connectivity index (χ3v) is 6.15. The largest absolute Gasteiger partial charge is 0.478 e. The number of rotatable bonds is 24. The molecule has 0 rings (SSSR count). The van der Waals surface area contributed by atoms with Crippen molar-refractivity contribution in [3.8, 4) is 0 Å². The van der Waals surface area contributed by atoms with Gasteiger partial charge in [-0.15, -0.1) is 0 Å². The molecule has 4 nitrogen and oxygen atoms in total. The number of unbranched alkanes of at least 4 members (excludes halogenated alkanes) is 17. The Hall–Kier alpha value is -1.32. The van der Waals surface area contributed by atoms with Gasteiger partial charge in [-0.25, -0.2) is 9.59 Å². The molecule has 0 aliphatic heterocycles. The average Bonchev–Trinajstić information content (AvgIpc) is 2.77. The van der Waals surface area contributed by atoms with Crippen molar-refractivity contribution in [1.29, 1.82) is 0 Å². The molecule has 0 amide bonds. The Morgan fingerprint density at radius 1 is 0.594 bits per heavy atom.